The van der Waals surface area contributed by atoms with Crippen molar-refractivity contribution in [1.29, 1.82) is 0 Å². The third-order valence-electron chi connectivity index (χ3n) is 3.14. The van der Waals surface area contributed by atoms with E-state index in [9.17, 15) is 8.42 Å². The maximum Gasteiger partial charge on any atom is 0.238 e. The second-order valence-electron chi connectivity index (χ2n) is 4.96. The standard InChI is InChI=1S/C14H23NO3S/c1-5-11(6-2)18-14-8-7-12(19(15,16)17)9-13(14)10(3)4/h7-11H,5-6H2,1-4H3,(H2,15,16,17). The smallest absolute Gasteiger partial charge is 0.238 e. The molecule has 0 fully saturated rings. The second kappa shape index (κ2) is 6.39. The van der Waals surface area contributed by atoms with Crippen LogP contribution in [0.5, 0.6) is 5.75 Å². The van der Waals surface area contributed by atoms with E-state index in [0.29, 0.717) is 0 Å². The van der Waals surface area contributed by atoms with E-state index in [1.807, 2.05) is 13.8 Å². The highest BCUT2D eigenvalue weighted by atomic mass is 32.2. The fourth-order valence-electron chi connectivity index (χ4n) is 1.90. The Balaban J connectivity index is 3.19. The van der Waals surface area contributed by atoms with Crippen molar-refractivity contribution in [1.82, 2.24) is 0 Å². The molecule has 0 amide bonds. The molecule has 0 saturated heterocycles. The zero-order chi connectivity index (χ0) is 14.6. The quantitative estimate of drug-likeness (QED) is 0.873. The van der Waals surface area contributed by atoms with Gasteiger partial charge in [-0.3, -0.25) is 0 Å². The van der Waals surface area contributed by atoms with Crippen LogP contribution in [0, 0.1) is 0 Å². The number of nitrogens with two attached hydrogens (primary N) is 1. The predicted molar refractivity (Wildman–Crippen MR) is 76.9 cm³/mol. The number of ether oxygens (including phenoxy) is 1. The van der Waals surface area contributed by atoms with Gasteiger partial charge in [-0.1, -0.05) is 27.7 Å². The van der Waals surface area contributed by atoms with Crippen LogP contribution >= 0.6 is 0 Å². The van der Waals surface area contributed by atoms with Crippen LogP contribution in [0.2, 0.25) is 0 Å². The monoisotopic (exact) mass is 285 g/mol. The first-order valence-corrected chi connectivity index (χ1v) is 8.17. The third kappa shape index (κ3) is 4.21. The molecule has 2 N–H and O–H groups in total. The van der Waals surface area contributed by atoms with Gasteiger partial charge >= 0.3 is 0 Å². The predicted octanol–water partition coefficient (Wildman–Crippen LogP) is 3.02. The van der Waals surface area contributed by atoms with Crippen LogP contribution < -0.4 is 9.88 Å². The summed E-state index contributed by atoms with van der Waals surface area (Å²) in [7, 11) is -3.67. The van der Waals surface area contributed by atoms with Crippen LogP contribution in [-0.2, 0) is 10.0 Å². The van der Waals surface area contributed by atoms with E-state index in [2.05, 4.69) is 13.8 Å². The Hall–Kier alpha value is -1.07. The Labute approximate surface area is 116 Å². The summed E-state index contributed by atoms with van der Waals surface area (Å²) in [5.74, 6) is 0.919. The van der Waals surface area contributed by atoms with Crippen LogP contribution in [0.3, 0.4) is 0 Å². The van der Waals surface area contributed by atoms with Gasteiger partial charge in [-0.25, -0.2) is 13.6 Å². The van der Waals surface area contributed by atoms with E-state index >= 15 is 0 Å². The number of hydrogen-bond donors (Lipinski definition) is 1. The van der Waals surface area contributed by atoms with E-state index in [-0.39, 0.29) is 16.9 Å². The molecule has 5 heteroatoms. The molecule has 0 aliphatic heterocycles. The van der Waals surface area contributed by atoms with Gasteiger partial charge < -0.3 is 4.74 Å². The molecule has 0 heterocycles. The normalized spacial score (nSPS) is 12.2. The lowest BCUT2D eigenvalue weighted by molar-refractivity contribution is 0.190. The number of rotatable bonds is 6. The van der Waals surface area contributed by atoms with Gasteiger partial charge in [0.1, 0.15) is 5.75 Å². The van der Waals surface area contributed by atoms with Crippen molar-refractivity contribution in [2.75, 3.05) is 0 Å². The van der Waals surface area contributed by atoms with E-state index in [1.165, 1.54) is 6.07 Å². The lowest BCUT2D eigenvalue weighted by atomic mass is 10.0. The molecule has 108 valence electrons. The van der Waals surface area contributed by atoms with Crippen molar-refractivity contribution in [3.63, 3.8) is 0 Å². The minimum atomic E-state index is -3.67. The molecule has 1 rings (SSSR count). The third-order valence-corrected chi connectivity index (χ3v) is 4.05. The van der Waals surface area contributed by atoms with Crippen molar-refractivity contribution in [2.45, 2.75) is 57.5 Å². The van der Waals surface area contributed by atoms with Crippen LogP contribution in [0.15, 0.2) is 23.1 Å². The van der Waals surface area contributed by atoms with Gasteiger partial charge in [0.05, 0.1) is 11.0 Å². The van der Waals surface area contributed by atoms with Crippen LogP contribution in [0.25, 0.3) is 0 Å². The summed E-state index contributed by atoms with van der Waals surface area (Å²) in [5.41, 5.74) is 0.874. The van der Waals surface area contributed by atoms with E-state index in [0.717, 1.165) is 24.2 Å². The molecule has 0 bridgehead atoms. The molecule has 0 atom stereocenters. The zero-order valence-electron chi connectivity index (χ0n) is 12.0. The lowest BCUT2D eigenvalue weighted by Crippen LogP contribution is -2.16. The van der Waals surface area contributed by atoms with Crippen LogP contribution in [0.4, 0.5) is 0 Å². The average molecular weight is 285 g/mol. The molecule has 0 aliphatic carbocycles. The minimum absolute atomic E-state index is 0.132. The summed E-state index contributed by atoms with van der Waals surface area (Å²) in [5, 5.41) is 5.16. The first-order chi connectivity index (χ1) is 8.79. The van der Waals surface area contributed by atoms with Crippen molar-refractivity contribution in [3.05, 3.63) is 23.8 Å². The first-order valence-electron chi connectivity index (χ1n) is 6.63. The summed E-state index contributed by atoms with van der Waals surface area (Å²) in [4.78, 5) is 0.132. The molecule has 0 saturated carbocycles. The fraction of sp³-hybridized carbons (Fsp3) is 0.571. The molecule has 0 aromatic heterocycles. The van der Waals surface area contributed by atoms with Gasteiger partial charge in [-0.05, 0) is 42.5 Å². The lowest BCUT2D eigenvalue weighted by Gasteiger charge is -2.20. The summed E-state index contributed by atoms with van der Waals surface area (Å²) in [6, 6.07) is 4.81. The van der Waals surface area contributed by atoms with Crippen LogP contribution in [0.1, 0.15) is 52.0 Å². The summed E-state index contributed by atoms with van der Waals surface area (Å²) < 4.78 is 28.7. The summed E-state index contributed by atoms with van der Waals surface area (Å²) >= 11 is 0. The number of sulfonamides is 1. The molecule has 0 radical (unpaired) electrons. The minimum Gasteiger partial charge on any atom is -0.490 e. The Kier molecular flexibility index (Phi) is 5.38. The van der Waals surface area contributed by atoms with Crippen molar-refractivity contribution < 1.29 is 13.2 Å². The molecule has 0 aliphatic rings. The highest BCUT2D eigenvalue weighted by Crippen LogP contribution is 2.30. The first kappa shape index (κ1) is 16.0. The number of primary sulfonamides is 1. The number of benzene rings is 1. The maximum atomic E-state index is 11.4. The van der Waals surface area contributed by atoms with E-state index in [4.69, 9.17) is 9.88 Å². The van der Waals surface area contributed by atoms with E-state index < -0.39 is 10.0 Å². The molecule has 1 aromatic rings. The molecule has 19 heavy (non-hydrogen) atoms. The molecule has 1 aromatic carbocycles. The molecule has 4 nitrogen and oxygen atoms in total. The van der Waals surface area contributed by atoms with Gasteiger partial charge in [-0.2, -0.15) is 0 Å². The van der Waals surface area contributed by atoms with Gasteiger partial charge in [0.15, 0.2) is 0 Å². The summed E-state index contributed by atoms with van der Waals surface area (Å²) in [6.45, 7) is 8.15. The van der Waals surface area contributed by atoms with Crippen molar-refractivity contribution >= 4 is 10.0 Å². The highest BCUT2D eigenvalue weighted by molar-refractivity contribution is 7.89. The van der Waals surface area contributed by atoms with Gasteiger partial charge in [-0.15, -0.1) is 0 Å². The Morgan fingerprint density at radius 1 is 1.21 bits per heavy atom. The average Bonchev–Trinajstić information content (AvgIpc) is 2.34. The van der Waals surface area contributed by atoms with E-state index in [1.54, 1.807) is 12.1 Å². The SMILES string of the molecule is CCC(CC)Oc1ccc(S(N)(=O)=O)cc1C(C)C. The van der Waals surface area contributed by atoms with Crippen molar-refractivity contribution in [2.24, 2.45) is 5.14 Å². The zero-order valence-corrected chi connectivity index (χ0v) is 12.8. The fourth-order valence-corrected chi connectivity index (χ4v) is 2.45. The summed E-state index contributed by atoms with van der Waals surface area (Å²) in [6.07, 6.45) is 1.99. The van der Waals surface area contributed by atoms with Gasteiger partial charge in [0.2, 0.25) is 10.0 Å². The molecular formula is C14H23NO3S. The van der Waals surface area contributed by atoms with Gasteiger partial charge in [0, 0.05) is 0 Å². The highest BCUT2D eigenvalue weighted by Gasteiger charge is 2.16. The van der Waals surface area contributed by atoms with Crippen LogP contribution in [-0.4, -0.2) is 14.5 Å². The number of hydrogen-bond acceptors (Lipinski definition) is 3. The Morgan fingerprint density at radius 3 is 2.21 bits per heavy atom. The Morgan fingerprint density at radius 2 is 1.79 bits per heavy atom. The topological polar surface area (TPSA) is 69.4 Å². The van der Waals surface area contributed by atoms with Gasteiger partial charge in [0.25, 0.3) is 0 Å². The molecular weight excluding hydrogens is 262 g/mol. The Bertz CT molecular complexity index is 519. The van der Waals surface area contributed by atoms with Crippen molar-refractivity contribution in [3.8, 4) is 5.75 Å². The molecule has 0 unspecified atom stereocenters. The molecule has 0 spiro atoms. The second-order valence-corrected chi connectivity index (χ2v) is 6.52. The maximum absolute atomic E-state index is 11.4. The largest absolute Gasteiger partial charge is 0.490 e.